The van der Waals surface area contributed by atoms with Gasteiger partial charge in [-0.25, -0.2) is 9.67 Å². The van der Waals surface area contributed by atoms with Gasteiger partial charge in [-0.1, -0.05) is 11.3 Å². The Morgan fingerprint density at radius 3 is 2.81 bits per heavy atom. The van der Waals surface area contributed by atoms with Gasteiger partial charge in [-0.3, -0.25) is 9.59 Å². The van der Waals surface area contributed by atoms with Crippen molar-refractivity contribution in [1.82, 2.24) is 29.9 Å². The summed E-state index contributed by atoms with van der Waals surface area (Å²) in [5.41, 5.74) is 1.96. The lowest BCUT2D eigenvalue weighted by Gasteiger charge is -2.20. The molecular formula is C19H24N6O2. The molecule has 1 N–H and O–H groups in total. The Kier molecular flexibility index (Phi) is 4.63. The van der Waals surface area contributed by atoms with Gasteiger partial charge in [-0.15, -0.1) is 5.10 Å². The van der Waals surface area contributed by atoms with Gasteiger partial charge in [-0.05, 0) is 45.1 Å². The molecule has 0 radical (unpaired) electrons. The largest absolute Gasteiger partial charge is 0.337 e. The number of H-pyrrole nitrogens is 1. The fourth-order valence-electron chi connectivity index (χ4n) is 3.27. The maximum Gasteiger partial charge on any atom is 0.272 e. The molecule has 1 saturated carbocycles. The Balaban J connectivity index is 1.47. The summed E-state index contributed by atoms with van der Waals surface area (Å²) in [6.45, 7) is 5.30. The van der Waals surface area contributed by atoms with Gasteiger partial charge < -0.3 is 9.88 Å². The van der Waals surface area contributed by atoms with Crippen LogP contribution in [0.5, 0.6) is 0 Å². The molecule has 0 saturated heterocycles. The van der Waals surface area contributed by atoms with Crippen LogP contribution in [0.15, 0.2) is 23.1 Å². The minimum Gasteiger partial charge on any atom is -0.337 e. The minimum atomic E-state index is -0.255. The van der Waals surface area contributed by atoms with E-state index < -0.39 is 0 Å². The van der Waals surface area contributed by atoms with Crippen molar-refractivity contribution in [3.63, 3.8) is 0 Å². The van der Waals surface area contributed by atoms with E-state index in [2.05, 4.69) is 40.2 Å². The second kappa shape index (κ2) is 7.09. The highest BCUT2D eigenvalue weighted by atomic mass is 16.2. The van der Waals surface area contributed by atoms with Gasteiger partial charge in [0.05, 0.1) is 6.20 Å². The first-order valence-electron chi connectivity index (χ1n) is 9.53. The molecule has 142 valence electrons. The maximum atomic E-state index is 12.9. The minimum absolute atomic E-state index is 0.177. The van der Waals surface area contributed by atoms with Crippen molar-refractivity contribution in [2.45, 2.75) is 51.5 Å². The van der Waals surface area contributed by atoms with Gasteiger partial charge in [0.1, 0.15) is 17.2 Å². The highest BCUT2D eigenvalue weighted by Crippen LogP contribution is 2.37. The molecule has 1 aliphatic heterocycles. The molecule has 0 atom stereocenters. The molecule has 27 heavy (non-hydrogen) atoms. The summed E-state index contributed by atoms with van der Waals surface area (Å²) in [5, 5.41) is 8.43. The fourth-order valence-corrected chi connectivity index (χ4v) is 3.27. The number of nitrogens with zero attached hydrogens (tertiary/aromatic N) is 5. The number of hydrogen-bond acceptors (Lipinski definition) is 5. The number of rotatable bonds is 4. The van der Waals surface area contributed by atoms with E-state index in [9.17, 15) is 9.59 Å². The van der Waals surface area contributed by atoms with Crippen molar-refractivity contribution in [2.75, 3.05) is 13.1 Å². The van der Waals surface area contributed by atoms with E-state index in [1.54, 1.807) is 4.90 Å². The van der Waals surface area contributed by atoms with Crippen LogP contribution in [0.2, 0.25) is 0 Å². The van der Waals surface area contributed by atoms with Crippen LogP contribution in [0, 0.1) is 0 Å². The van der Waals surface area contributed by atoms with Crippen LogP contribution in [0.1, 0.15) is 73.5 Å². The van der Waals surface area contributed by atoms with E-state index in [4.69, 9.17) is 0 Å². The van der Waals surface area contributed by atoms with Crippen LogP contribution in [0.3, 0.4) is 0 Å². The average Bonchev–Trinajstić information content (AvgIpc) is 3.42. The Bertz CT molecular complexity index is 938. The van der Waals surface area contributed by atoms with Crippen molar-refractivity contribution in [2.24, 2.45) is 0 Å². The van der Waals surface area contributed by atoms with Crippen LogP contribution in [-0.4, -0.2) is 48.9 Å². The summed E-state index contributed by atoms with van der Waals surface area (Å²) in [6, 6.07) is 1.57. The van der Waals surface area contributed by atoms with Crippen LogP contribution >= 0.6 is 0 Å². The molecule has 1 aliphatic carbocycles. The molecule has 1 fully saturated rings. The summed E-state index contributed by atoms with van der Waals surface area (Å²) < 4.78 is 1.84. The molecule has 2 aromatic rings. The molecule has 0 unspecified atom stereocenters. The number of carbonyl (C=O) groups is 1. The highest BCUT2D eigenvalue weighted by molar-refractivity contribution is 5.92. The number of amides is 1. The summed E-state index contributed by atoms with van der Waals surface area (Å²) in [4.78, 5) is 33.7. The molecule has 2 aliphatic rings. The molecule has 8 heteroatoms. The maximum absolute atomic E-state index is 12.9. The first-order chi connectivity index (χ1) is 13.0. The molecule has 3 heterocycles. The van der Waals surface area contributed by atoms with Crippen molar-refractivity contribution < 1.29 is 4.79 Å². The zero-order valence-corrected chi connectivity index (χ0v) is 15.7. The van der Waals surface area contributed by atoms with Gasteiger partial charge >= 0.3 is 0 Å². The molecule has 2 aromatic heterocycles. The lowest BCUT2D eigenvalue weighted by molar-refractivity contribution is 0.0758. The van der Waals surface area contributed by atoms with Gasteiger partial charge in [0.2, 0.25) is 0 Å². The van der Waals surface area contributed by atoms with Crippen LogP contribution < -0.4 is 5.56 Å². The third-order valence-corrected chi connectivity index (χ3v) is 5.04. The third kappa shape index (κ3) is 3.84. The Morgan fingerprint density at radius 1 is 1.30 bits per heavy atom. The SMILES string of the molecule is CC(C)n1cc(C2=CCCN(C(=O)c3cc(=O)[nH]c(C4CC4)n3)CC2)nn1. The molecule has 4 rings (SSSR count). The van der Waals surface area contributed by atoms with E-state index >= 15 is 0 Å². The van der Waals surface area contributed by atoms with E-state index in [0.717, 1.165) is 30.5 Å². The van der Waals surface area contributed by atoms with Crippen molar-refractivity contribution >= 4 is 11.5 Å². The second-order valence-electron chi connectivity index (χ2n) is 7.53. The topological polar surface area (TPSA) is 96.8 Å². The van der Waals surface area contributed by atoms with E-state index in [0.29, 0.717) is 31.3 Å². The summed E-state index contributed by atoms with van der Waals surface area (Å²) in [5.74, 6) is 0.764. The lowest BCUT2D eigenvalue weighted by atomic mass is 10.1. The lowest BCUT2D eigenvalue weighted by Crippen LogP contribution is -2.33. The van der Waals surface area contributed by atoms with Crippen LogP contribution in [-0.2, 0) is 0 Å². The van der Waals surface area contributed by atoms with E-state index in [1.165, 1.54) is 6.07 Å². The molecular weight excluding hydrogens is 344 g/mol. The third-order valence-electron chi connectivity index (χ3n) is 5.04. The van der Waals surface area contributed by atoms with Crippen LogP contribution in [0.25, 0.3) is 5.57 Å². The highest BCUT2D eigenvalue weighted by Gasteiger charge is 2.28. The fraction of sp³-hybridized carbons (Fsp3) is 0.526. The number of hydrogen-bond donors (Lipinski definition) is 1. The standard InChI is InChI=1S/C19H24N6O2/c1-12(2)25-11-16(22-23-25)13-4-3-8-24(9-7-13)19(27)15-10-17(26)21-18(20-15)14-5-6-14/h4,10-12,14H,3,5-9H2,1-2H3,(H,20,21,26). The normalized spacial score (nSPS) is 17.7. The number of aromatic amines is 1. The summed E-state index contributed by atoms with van der Waals surface area (Å²) >= 11 is 0. The first-order valence-corrected chi connectivity index (χ1v) is 9.53. The first kappa shape index (κ1) is 17.6. The molecule has 0 spiro atoms. The predicted octanol–water partition coefficient (Wildman–Crippen LogP) is 2.14. The van der Waals surface area contributed by atoms with Crippen molar-refractivity contribution in [1.29, 1.82) is 0 Å². The zero-order chi connectivity index (χ0) is 19.0. The van der Waals surface area contributed by atoms with Crippen LogP contribution in [0.4, 0.5) is 0 Å². The Labute approximate surface area is 157 Å². The zero-order valence-electron chi connectivity index (χ0n) is 15.7. The Morgan fingerprint density at radius 2 is 2.11 bits per heavy atom. The smallest absolute Gasteiger partial charge is 0.272 e. The van der Waals surface area contributed by atoms with Gasteiger partial charge in [0, 0.05) is 31.1 Å². The predicted molar refractivity (Wildman–Crippen MR) is 100 cm³/mol. The average molecular weight is 368 g/mol. The summed E-state index contributed by atoms with van der Waals surface area (Å²) in [7, 11) is 0. The number of carbonyl (C=O) groups excluding carboxylic acids is 1. The number of aromatic nitrogens is 5. The quantitative estimate of drug-likeness (QED) is 0.892. The van der Waals surface area contributed by atoms with Gasteiger partial charge in [0.25, 0.3) is 11.5 Å². The summed E-state index contributed by atoms with van der Waals surface area (Å²) in [6.07, 6.45) is 7.58. The second-order valence-corrected chi connectivity index (χ2v) is 7.53. The van der Waals surface area contributed by atoms with E-state index in [1.807, 2.05) is 10.9 Å². The van der Waals surface area contributed by atoms with E-state index in [-0.39, 0.29) is 23.2 Å². The number of nitrogens with one attached hydrogen (secondary N) is 1. The molecule has 0 bridgehead atoms. The van der Waals surface area contributed by atoms with Gasteiger partial charge in [-0.2, -0.15) is 0 Å². The van der Waals surface area contributed by atoms with Crippen molar-refractivity contribution in [3.8, 4) is 0 Å². The molecule has 8 nitrogen and oxygen atoms in total. The molecule has 0 aromatic carbocycles. The van der Waals surface area contributed by atoms with Gasteiger partial charge in [0.15, 0.2) is 0 Å². The molecule has 1 amide bonds. The Hall–Kier alpha value is -2.77. The van der Waals surface area contributed by atoms with Crippen molar-refractivity contribution in [3.05, 3.63) is 45.9 Å². The monoisotopic (exact) mass is 368 g/mol.